The molecule has 0 aromatic carbocycles. The summed E-state index contributed by atoms with van der Waals surface area (Å²) in [5.74, 6) is 0.866. The van der Waals surface area contributed by atoms with Crippen molar-refractivity contribution in [3.8, 4) is 0 Å². The van der Waals surface area contributed by atoms with Gasteiger partial charge < -0.3 is 4.74 Å². The van der Waals surface area contributed by atoms with Crippen molar-refractivity contribution < 1.29 is 4.74 Å². The van der Waals surface area contributed by atoms with Crippen LogP contribution in [0.3, 0.4) is 0 Å². The fourth-order valence-electron chi connectivity index (χ4n) is 0.921. The summed E-state index contributed by atoms with van der Waals surface area (Å²) < 4.78 is 5.12. The molecule has 0 N–H and O–H groups in total. The van der Waals surface area contributed by atoms with Crippen LogP contribution in [-0.4, -0.2) is 7.11 Å². The molecule has 1 heteroatoms. The summed E-state index contributed by atoms with van der Waals surface area (Å²) in [6.45, 7) is 15.8. The fraction of sp³-hybridized carbons (Fsp3) is 0.571. The largest absolute Gasteiger partial charge is 0.497 e. The van der Waals surface area contributed by atoms with Crippen LogP contribution in [0.1, 0.15) is 48.0 Å². The topological polar surface area (TPSA) is 9.23 Å². The Labute approximate surface area is 96.5 Å². The van der Waals surface area contributed by atoms with Crippen LogP contribution >= 0.6 is 0 Å². The first-order valence-corrected chi connectivity index (χ1v) is 5.82. The third kappa shape index (κ3) is 10.9. The van der Waals surface area contributed by atoms with Gasteiger partial charge in [-0.3, -0.25) is 0 Å². The lowest BCUT2D eigenvalue weighted by molar-refractivity contribution is 0.302. The molecule has 0 aromatic heterocycles. The van der Waals surface area contributed by atoms with Gasteiger partial charge in [-0.25, -0.2) is 0 Å². The number of hydrogen-bond donors (Lipinski definition) is 0. The average Bonchev–Trinajstić information content (AvgIpc) is 2.34. The average molecular weight is 212 g/mol. The Kier molecular flexibility index (Phi) is 24.4. The van der Waals surface area contributed by atoms with Gasteiger partial charge in [0.05, 0.1) is 7.11 Å². The minimum atomic E-state index is 0.866. The van der Waals surface area contributed by atoms with Crippen LogP contribution in [0.5, 0.6) is 0 Å². The maximum absolute atomic E-state index is 5.12. The van der Waals surface area contributed by atoms with Crippen LogP contribution in [0, 0.1) is 0 Å². The molecule has 90 valence electrons. The van der Waals surface area contributed by atoms with E-state index in [0.717, 1.165) is 12.2 Å². The van der Waals surface area contributed by atoms with E-state index < -0.39 is 0 Å². The van der Waals surface area contributed by atoms with Crippen molar-refractivity contribution in [1.82, 2.24) is 0 Å². The van der Waals surface area contributed by atoms with E-state index in [1.54, 1.807) is 13.2 Å². The lowest BCUT2D eigenvalue weighted by atomic mass is 10.1. The fourth-order valence-corrected chi connectivity index (χ4v) is 0.921. The molecule has 0 spiro atoms. The SMILES string of the molecule is C=C/C(OC)=C(\C=C/C)CC.CC.CC. The molecule has 0 amide bonds. The Bertz CT molecular complexity index is 176. The molecule has 0 fully saturated rings. The Morgan fingerprint density at radius 2 is 1.67 bits per heavy atom. The molecule has 0 radical (unpaired) electrons. The number of methoxy groups -OCH3 is 1. The van der Waals surface area contributed by atoms with Gasteiger partial charge in [0.2, 0.25) is 0 Å². The van der Waals surface area contributed by atoms with Crippen molar-refractivity contribution in [2.45, 2.75) is 48.0 Å². The highest BCUT2D eigenvalue weighted by molar-refractivity contribution is 5.27. The third-order valence-corrected chi connectivity index (χ3v) is 1.47. The Balaban J connectivity index is -0.000000318. The van der Waals surface area contributed by atoms with E-state index >= 15 is 0 Å². The van der Waals surface area contributed by atoms with Crippen LogP contribution in [-0.2, 0) is 4.74 Å². The molecule has 0 bridgehead atoms. The maximum atomic E-state index is 5.12. The van der Waals surface area contributed by atoms with E-state index in [0.29, 0.717) is 0 Å². The second-order valence-corrected chi connectivity index (χ2v) is 2.15. The zero-order chi connectivity index (χ0) is 12.7. The van der Waals surface area contributed by atoms with Gasteiger partial charge >= 0.3 is 0 Å². The number of hydrogen-bond acceptors (Lipinski definition) is 1. The van der Waals surface area contributed by atoms with Crippen LogP contribution in [0.2, 0.25) is 0 Å². The van der Waals surface area contributed by atoms with Crippen LogP contribution < -0.4 is 0 Å². The Hall–Kier alpha value is -0.980. The van der Waals surface area contributed by atoms with Crippen molar-refractivity contribution in [2.75, 3.05) is 7.11 Å². The lowest BCUT2D eigenvalue weighted by Gasteiger charge is -2.04. The first-order chi connectivity index (χ1) is 7.29. The number of allylic oxidation sites excluding steroid dienone is 4. The van der Waals surface area contributed by atoms with Gasteiger partial charge in [0.25, 0.3) is 0 Å². The molecule has 1 nitrogen and oxygen atoms in total. The predicted octanol–water partition coefficient (Wildman–Crippen LogP) is 5.11. The van der Waals surface area contributed by atoms with Crippen LogP contribution in [0.4, 0.5) is 0 Å². The summed E-state index contributed by atoms with van der Waals surface area (Å²) in [5.41, 5.74) is 1.19. The van der Waals surface area contributed by atoms with E-state index in [-0.39, 0.29) is 0 Å². The van der Waals surface area contributed by atoms with Crippen LogP contribution in [0.25, 0.3) is 0 Å². The molecule has 0 atom stereocenters. The smallest absolute Gasteiger partial charge is 0.121 e. The molecular weight excluding hydrogens is 184 g/mol. The highest BCUT2D eigenvalue weighted by Crippen LogP contribution is 2.11. The molecule has 0 aliphatic carbocycles. The molecule has 0 aliphatic heterocycles. The molecule has 0 heterocycles. The van der Waals surface area contributed by atoms with Crippen molar-refractivity contribution in [1.29, 1.82) is 0 Å². The lowest BCUT2D eigenvalue weighted by Crippen LogP contribution is -1.87. The summed E-state index contributed by atoms with van der Waals surface area (Å²) in [7, 11) is 1.66. The molecule has 0 saturated carbocycles. The molecule has 0 aliphatic rings. The predicted molar refractivity (Wildman–Crippen MR) is 72.0 cm³/mol. The van der Waals surface area contributed by atoms with Gasteiger partial charge in [0.1, 0.15) is 5.76 Å². The van der Waals surface area contributed by atoms with E-state index in [4.69, 9.17) is 4.74 Å². The standard InChI is InChI=1S/C10H16O.2C2H6/c1-5-8-9(6-2)10(7-3)11-4;2*1-2/h5,7-8H,3,6H2,1-2,4H3;2*1-2H3/b8-5-,10-9+;;. The van der Waals surface area contributed by atoms with Gasteiger partial charge in [0.15, 0.2) is 0 Å². The quantitative estimate of drug-likeness (QED) is 0.464. The molecule has 0 rings (SSSR count). The zero-order valence-electron chi connectivity index (χ0n) is 11.6. The molecule has 0 saturated heterocycles. The van der Waals surface area contributed by atoms with Crippen molar-refractivity contribution in [3.05, 3.63) is 36.1 Å². The van der Waals surface area contributed by atoms with Crippen LogP contribution in [0.15, 0.2) is 36.1 Å². The highest BCUT2D eigenvalue weighted by atomic mass is 16.5. The second kappa shape index (κ2) is 18.7. The molecule has 15 heavy (non-hydrogen) atoms. The van der Waals surface area contributed by atoms with Gasteiger partial charge in [0, 0.05) is 0 Å². The molecular formula is C14H28O. The van der Waals surface area contributed by atoms with E-state index in [1.807, 2.05) is 46.8 Å². The summed E-state index contributed by atoms with van der Waals surface area (Å²) >= 11 is 0. The third-order valence-electron chi connectivity index (χ3n) is 1.47. The normalized spacial score (nSPS) is 10.3. The number of rotatable bonds is 4. The Morgan fingerprint density at radius 1 is 1.20 bits per heavy atom. The van der Waals surface area contributed by atoms with E-state index in [2.05, 4.69) is 13.5 Å². The van der Waals surface area contributed by atoms with Crippen molar-refractivity contribution in [2.24, 2.45) is 0 Å². The van der Waals surface area contributed by atoms with E-state index in [9.17, 15) is 0 Å². The van der Waals surface area contributed by atoms with Gasteiger partial charge in [-0.15, -0.1) is 0 Å². The maximum Gasteiger partial charge on any atom is 0.121 e. The van der Waals surface area contributed by atoms with Crippen molar-refractivity contribution >= 4 is 0 Å². The van der Waals surface area contributed by atoms with Crippen molar-refractivity contribution in [3.63, 3.8) is 0 Å². The monoisotopic (exact) mass is 212 g/mol. The van der Waals surface area contributed by atoms with Gasteiger partial charge in [-0.2, -0.15) is 0 Å². The minimum absolute atomic E-state index is 0.866. The zero-order valence-corrected chi connectivity index (χ0v) is 11.6. The minimum Gasteiger partial charge on any atom is -0.497 e. The summed E-state index contributed by atoms with van der Waals surface area (Å²) in [6, 6.07) is 0. The summed E-state index contributed by atoms with van der Waals surface area (Å²) in [5, 5.41) is 0. The number of ether oxygens (including phenoxy) is 1. The van der Waals surface area contributed by atoms with Gasteiger partial charge in [-0.1, -0.05) is 53.3 Å². The van der Waals surface area contributed by atoms with Gasteiger partial charge in [-0.05, 0) is 25.0 Å². The molecule has 0 aromatic rings. The first-order valence-electron chi connectivity index (χ1n) is 5.82. The summed E-state index contributed by atoms with van der Waals surface area (Å²) in [6.07, 6.45) is 6.75. The summed E-state index contributed by atoms with van der Waals surface area (Å²) in [4.78, 5) is 0. The van der Waals surface area contributed by atoms with E-state index in [1.165, 1.54) is 5.57 Å². The first kappa shape index (κ1) is 19.6. The Morgan fingerprint density at radius 3 is 1.87 bits per heavy atom. The second-order valence-electron chi connectivity index (χ2n) is 2.15. The molecule has 0 unspecified atom stereocenters. The highest BCUT2D eigenvalue weighted by Gasteiger charge is 1.95.